The zero-order valence-corrected chi connectivity index (χ0v) is 10.0. The van der Waals surface area contributed by atoms with E-state index in [4.69, 9.17) is 11.2 Å². The summed E-state index contributed by atoms with van der Waals surface area (Å²) in [5.41, 5.74) is 0.297. The molecule has 0 saturated heterocycles. The van der Waals surface area contributed by atoms with Gasteiger partial charge in [0.15, 0.2) is 11.5 Å². The number of hydrogen-bond acceptors (Lipinski definition) is 2. The van der Waals surface area contributed by atoms with Crippen molar-refractivity contribution in [3.8, 4) is 23.8 Å². The van der Waals surface area contributed by atoms with Gasteiger partial charge in [-0.15, -0.1) is 19.6 Å². The summed E-state index contributed by atoms with van der Waals surface area (Å²) in [5.74, 6) is 2.04. The second-order valence-corrected chi connectivity index (χ2v) is 4.06. The van der Waals surface area contributed by atoms with Crippen molar-refractivity contribution in [3.63, 3.8) is 0 Å². The highest BCUT2D eigenvalue weighted by molar-refractivity contribution is 5.47. The fraction of sp³-hybridized carbons (Fsp3) is 0.385. The van der Waals surface area contributed by atoms with Crippen LogP contribution >= 0.6 is 0 Å². The minimum Gasteiger partial charge on any atom is -0.489 e. The molecule has 18 heavy (non-hydrogen) atoms. The second kappa shape index (κ2) is 5.67. The van der Waals surface area contributed by atoms with Crippen molar-refractivity contribution < 1.29 is 22.6 Å². The molecule has 0 aromatic heterocycles. The van der Waals surface area contributed by atoms with Gasteiger partial charge in [0.1, 0.15) is 0 Å². The third-order valence-corrected chi connectivity index (χ3v) is 1.91. The van der Waals surface area contributed by atoms with Crippen molar-refractivity contribution >= 4 is 0 Å². The first-order chi connectivity index (χ1) is 8.31. The van der Waals surface area contributed by atoms with Gasteiger partial charge in [-0.25, -0.2) is 0 Å². The van der Waals surface area contributed by atoms with Crippen LogP contribution in [0.4, 0.5) is 13.2 Å². The number of halogens is 3. The molecule has 2 nitrogen and oxygen atoms in total. The molecule has 0 N–H and O–H groups in total. The van der Waals surface area contributed by atoms with Crippen molar-refractivity contribution in [2.45, 2.75) is 20.2 Å². The van der Waals surface area contributed by atoms with Crippen LogP contribution in [-0.2, 0) is 0 Å². The summed E-state index contributed by atoms with van der Waals surface area (Å²) < 4.78 is 45.8. The molecule has 0 bridgehead atoms. The maximum Gasteiger partial charge on any atom is 0.573 e. The Balaban J connectivity index is 2.98. The van der Waals surface area contributed by atoms with Crippen molar-refractivity contribution in [2.24, 2.45) is 5.92 Å². The Morgan fingerprint density at radius 3 is 2.44 bits per heavy atom. The maximum absolute atomic E-state index is 12.2. The number of alkyl halides is 3. The molecule has 0 heterocycles. The second-order valence-electron chi connectivity index (χ2n) is 4.06. The molecule has 98 valence electrons. The number of benzene rings is 1. The molecule has 0 fully saturated rings. The van der Waals surface area contributed by atoms with Crippen LogP contribution < -0.4 is 9.47 Å². The summed E-state index contributed by atoms with van der Waals surface area (Å²) in [4.78, 5) is 0. The average molecular weight is 258 g/mol. The third-order valence-electron chi connectivity index (χ3n) is 1.91. The Labute approximate surface area is 104 Å². The molecule has 5 heteroatoms. The summed E-state index contributed by atoms with van der Waals surface area (Å²) in [6.45, 7) is 4.07. The highest BCUT2D eigenvalue weighted by Crippen LogP contribution is 2.33. The Morgan fingerprint density at radius 1 is 1.28 bits per heavy atom. The first-order valence-electron chi connectivity index (χ1n) is 5.31. The quantitative estimate of drug-likeness (QED) is 0.768. The molecule has 0 unspecified atom stereocenters. The van der Waals surface area contributed by atoms with E-state index in [0.717, 1.165) is 6.07 Å². The summed E-state index contributed by atoms with van der Waals surface area (Å²) in [7, 11) is 0. The van der Waals surface area contributed by atoms with Crippen LogP contribution in [0.2, 0.25) is 0 Å². The van der Waals surface area contributed by atoms with Crippen LogP contribution in [0.1, 0.15) is 19.4 Å². The molecular weight excluding hydrogens is 245 g/mol. The lowest BCUT2D eigenvalue weighted by atomic mass is 10.2. The minimum atomic E-state index is -4.77. The normalized spacial score (nSPS) is 11.2. The zero-order valence-electron chi connectivity index (χ0n) is 10.0. The van der Waals surface area contributed by atoms with Crippen molar-refractivity contribution in [3.05, 3.63) is 23.8 Å². The van der Waals surface area contributed by atoms with Gasteiger partial charge in [0.2, 0.25) is 0 Å². The van der Waals surface area contributed by atoms with Gasteiger partial charge >= 0.3 is 6.36 Å². The topological polar surface area (TPSA) is 18.5 Å². The lowest BCUT2D eigenvalue weighted by Gasteiger charge is -2.15. The predicted octanol–water partition coefficient (Wildman–Crippen LogP) is 3.60. The van der Waals surface area contributed by atoms with Gasteiger partial charge in [-0.3, -0.25) is 0 Å². The van der Waals surface area contributed by atoms with Crippen molar-refractivity contribution in [1.82, 2.24) is 0 Å². The Kier molecular flexibility index (Phi) is 4.49. The fourth-order valence-electron chi connectivity index (χ4n) is 1.18. The lowest BCUT2D eigenvalue weighted by molar-refractivity contribution is -0.275. The molecule has 0 amide bonds. The van der Waals surface area contributed by atoms with Crippen LogP contribution in [0.3, 0.4) is 0 Å². The molecule has 0 aliphatic carbocycles. The molecule has 0 radical (unpaired) electrons. The molecule has 1 aromatic rings. The van der Waals surface area contributed by atoms with E-state index in [1.54, 1.807) is 0 Å². The SMILES string of the molecule is C#Cc1ccc(OCC(C)C)c(OC(F)(F)F)c1. The van der Waals surface area contributed by atoms with Gasteiger partial charge in [0.05, 0.1) is 6.61 Å². The van der Waals surface area contributed by atoms with Gasteiger partial charge in [-0.05, 0) is 18.1 Å². The smallest absolute Gasteiger partial charge is 0.489 e. The predicted molar refractivity (Wildman–Crippen MR) is 61.4 cm³/mol. The molecule has 1 aromatic carbocycles. The zero-order chi connectivity index (χ0) is 13.8. The molecule has 0 aliphatic heterocycles. The fourth-order valence-corrected chi connectivity index (χ4v) is 1.18. The van der Waals surface area contributed by atoms with E-state index < -0.39 is 12.1 Å². The van der Waals surface area contributed by atoms with Crippen LogP contribution in [0, 0.1) is 18.3 Å². The highest BCUT2D eigenvalue weighted by atomic mass is 19.4. The van der Waals surface area contributed by atoms with Gasteiger partial charge in [-0.1, -0.05) is 19.8 Å². The first kappa shape index (κ1) is 14.2. The largest absolute Gasteiger partial charge is 0.573 e. The van der Waals surface area contributed by atoms with Crippen molar-refractivity contribution in [1.29, 1.82) is 0 Å². The van der Waals surface area contributed by atoms with E-state index in [1.807, 2.05) is 13.8 Å². The van der Waals surface area contributed by atoms with Gasteiger partial charge in [-0.2, -0.15) is 0 Å². The monoisotopic (exact) mass is 258 g/mol. The molecule has 0 spiro atoms. The standard InChI is InChI=1S/C13H13F3O2/c1-4-10-5-6-11(17-8-9(2)3)12(7-10)18-13(14,15)16/h1,5-7,9H,8H2,2-3H3. The lowest BCUT2D eigenvalue weighted by Crippen LogP contribution is -2.18. The summed E-state index contributed by atoms with van der Waals surface area (Å²) in [6.07, 6.45) is 0.352. The minimum absolute atomic E-state index is 0.0278. The Hall–Kier alpha value is -1.83. The number of rotatable bonds is 4. The van der Waals surface area contributed by atoms with Gasteiger partial charge in [0.25, 0.3) is 0 Å². The van der Waals surface area contributed by atoms with E-state index in [0.29, 0.717) is 12.2 Å². The average Bonchev–Trinajstić information content (AvgIpc) is 2.25. The number of ether oxygens (including phenoxy) is 2. The van der Waals surface area contributed by atoms with Crippen LogP contribution in [0.25, 0.3) is 0 Å². The maximum atomic E-state index is 12.2. The van der Waals surface area contributed by atoms with E-state index in [1.165, 1.54) is 12.1 Å². The molecule has 0 atom stereocenters. The highest BCUT2D eigenvalue weighted by Gasteiger charge is 2.32. The van der Waals surface area contributed by atoms with Gasteiger partial charge in [0, 0.05) is 11.6 Å². The van der Waals surface area contributed by atoms with E-state index in [9.17, 15) is 13.2 Å². The van der Waals surface area contributed by atoms with Crippen molar-refractivity contribution in [2.75, 3.05) is 6.61 Å². The molecule has 0 saturated carbocycles. The third kappa shape index (κ3) is 4.58. The number of terminal acetylenes is 1. The Bertz CT molecular complexity index is 445. The molecule has 0 aliphatic rings. The van der Waals surface area contributed by atoms with E-state index in [2.05, 4.69) is 10.7 Å². The van der Waals surface area contributed by atoms with Crippen LogP contribution in [0.15, 0.2) is 18.2 Å². The van der Waals surface area contributed by atoms with E-state index >= 15 is 0 Å². The summed E-state index contributed by atoms with van der Waals surface area (Å²) in [6, 6.07) is 4.00. The van der Waals surface area contributed by atoms with Crippen LogP contribution in [0.5, 0.6) is 11.5 Å². The van der Waals surface area contributed by atoms with E-state index in [-0.39, 0.29) is 11.7 Å². The summed E-state index contributed by atoms with van der Waals surface area (Å²) in [5, 5.41) is 0. The van der Waals surface area contributed by atoms with Crippen LogP contribution in [-0.4, -0.2) is 13.0 Å². The molecule has 1 rings (SSSR count). The van der Waals surface area contributed by atoms with Gasteiger partial charge < -0.3 is 9.47 Å². The number of hydrogen-bond donors (Lipinski definition) is 0. The Morgan fingerprint density at radius 2 is 1.94 bits per heavy atom. The summed E-state index contributed by atoms with van der Waals surface area (Å²) >= 11 is 0. The molecular formula is C13H13F3O2. The first-order valence-corrected chi connectivity index (χ1v) is 5.31.